The fourth-order valence-corrected chi connectivity index (χ4v) is 6.47. The Kier molecular flexibility index (Phi) is 6.77. The fourth-order valence-electron chi connectivity index (χ4n) is 5.08. The van der Waals surface area contributed by atoms with Crippen LogP contribution in [0.5, 0.6) is 0 Å². The lowest BCUT2D eigenvalue weighted by atomic mass is 9.87. The van der Waals surface area contributed by atoms with Gasteiger partial charge in [-0.1, -0.05) is 12.1 Å². The van der Waals surface area contributed by atoms with Crippen LogP contribution in [0, 0.1) is 19.7 Å². The molecule has 0 saturated carbocycles. The van der Waals surface area contributed by atoms with Gasteiger partial charge < -0.3 is 9.73 Å². The molecule has 2 atom stereocenters. The van der Waals surface area contributed by atoms with Gasteiger partial charge in [0.1, 0.15) is 28.1 Å². The second-order valence-corrected chi connectivity index (χ2v) is 10.9. The van der Waals surface area contributed by atoms with Gasteiger partial charge in [-0.15, -0.1) is 0 Å². The summed E-state index contributed by atoms with van der Waals surface area (Å²) in [5.41, 5.74) is 4.99. The molecule has 0 aliphatic carbocycles. The monoisotopic (exact) mass is 504 g/mol. The lowest BCUT2D eigenvalue weighted by Crippen LogP contribution is -2.36. The average Bonchev–Trinajstić information content (AvgIpc) is 3.26. The zero-order valence-electron chi connectivity index (χ0n) is 20.6. The van der Waals surface area contributed by atoms with Crippen molar-refractivity contribution in [1.29, 1.82) is 0 Å². The third-order valence-corrected chi connectivity index (χ3v) is 8.34. The van der Waals surface area contributed by atoms with E-state index in [0.717, 1.165) is 46.4 Å². The van der Waals surface area contributed by atoms with Crippen molar-refractivity contribution in [2.75, 3.05) is 20.1 Å². The number of rotatable bonds is 5. The Morgan fingerprint density at radius 1 is 1.11 bits per heavy atom. The lowest BCUT2D eigenvalue weighted by molar-refractivity contribution is 0.0964. The fraction of sp³-hybridized carbons (Fsp3) is 0.276. The number of benzene rings is 3. The number of halogens is 1. The molecule has 1 fully saturated rings. The predicted octanol–water partition coefficient (Wildman–Crippen LogP) is 6.12. The van der Waals surface area contributed by atoms with Crippen molar-refractivity contribution in [1.82, 2.24) is 9.62 Å². The summed E-state index contributed by atoms with van der Waals surface area (Å²) in [4.78, 5) is 13.8. The molecule has 5 nitrogen and oxygen atoms in total. The quantitative estimate of drug-likeness (QED) is 0.356. The number of amides is 1. The Balaban J connectivity index is 1.53. The van der Waals surface area contributed by atoms with E-state index in [0.29, 0.717) is 29.0 Å². The van der Waals surface area contributed by atoms with Gasteiger partial charge in [0, 0.05) is 31.1 Å². The minimum absolute atomic E-state index is 0.179. The first-order valence-electron chi connectivity index (χ1n) is 12.1. The molecule has 0 radical (unpaired) electrons. The highest BCUT2D eigenvalue weighted by atomic mass is 32.2. The van der Waals surface area contributed by atoms with Gasteiger partial charge in [0.25, 0.3) is 5.91 Å². The van der Waals surface area contributed by atoms with Crippen molar-refractivity contribution in [2.45, 2.75) is 37.5 Å². The van der Waals surface area contributed by atoms with Crippen LogP contribution in [0.1, 0.15) is 45.8 Å². The Labute approximate surface area is 212 Å². The molecule has 7 heteroatoms. The average molecular weight is 505 g/mol. The summed E-state index contributed by atoms with van der Waals surface area (Å²) in [6, 6.07) is 17.8. The molecule has 2 unspecified atom stereocenters. The van der Waals surface area contributed by atoms with Gasteiger partial charge >= 0.3 is 0 Å². The summed E-state index contributed by atoms with van der Waals surface area (Å²) in [6.07, 6.45) is 1.92. The van der Waals surface area contributed by atoms with Crippen molar-refractivity contribution < 1.29 is 17.8 Å². The topological polar surface area (TPSA) is 62.6 Å². The number of aryl methyl sites for hydroxylation is 2. The van der Waals surface area contributed by atoms with Crippen LogP contribution in [-0.4, -0.2) is 34.6 Å². The van der Waals surface area contributed by atoms with E-state index in [4.69, 9.17) is 4.42 Å². The number of nitrogens with one attached hydrogen (secondary N) is 1. The Bertz CT molecular complexity index is 1460. The number of hydrogen-bond donors (Lipinski definition) is 1. The number of carbonyl (C=O) groups is 1. The molecule has 0 spiro atoms. The molecule has 1 amide bonds. The molecular weight excluding hydrogens is 475 g/mol. The van der Waals surface area contributed by atoms with Gasteiger partial charge in [-0.25, -0.2) is 12.9 Å². The molecule has 4 aromatic rings. The largest absolute Gasteiger partial charge is 0.455 e. The first-order chi connectivity index (χ1) is 17.4. The van der Waals surface area contributed by atoms with Gasteiger partial charge in [-0.3, -0.25) is 4.79 Å². The number of hydrogen-bond acceptors (Lipinski definition) is 3. The van der Waals surface area contributed by atoms with E-state index in [1.165, 1.54) is 12.1 Å². The van der Waals surface area contributed by atoms with Crippen molar-refractivity contribution >= 4 is 27.9 Å². The molecule has 1 N–H and O–H groups in total. The Hall–Kier alpha value is -3.29. The predicted molar refractivity (Wildman–Crippen MR) is 141 cm³/mol. The number of nitrogens with zero attached hydrogens (tertiary/aromatic N) is 1. The first kappa shape index (κ1) is 24.4. The highest BCUT2D eigenvalue weighted by molar-refractivity contribution is 7.82. The standard InChI is InChI=1S/C29H29FN2O3S/c1-18-6-4-8-23(14-18)36(34)32-13-5-7-21(17-32)24-16-25-26(15-19(24)2)35-28(27(25)29(33)31-3)20-9-11-22(30)12-10-20/h4,6,8-12,14-16,21H,5,7,13,17H2,1-3H3,(H,31,33). The maximum absolute atomic E-state index is 13.5. The number of furan rings is 1. The smallest absolute Gasteiger partial charge is 0.255 e. The van der Waals surface area contributed by atoms with E-state index >= 15 is 0 Å². The Morgan fingerprint density at radius 2 is 1.89 bits per heavy atom. The van der Waals surface area contributed by atoms with E-state index in [2.05, 4.69) is 11.4 Å². The lowest BCUT2D eigenvalue weighted by Gasteiger charge is -2.32. The second-order valence-electron chi connectivity index (χ2n) is 9.39. The van der Waals surface area contributed by atoms with Crippen molar-refractivity contribution in [3.8, 4) is 11.3 Å². The van der Waals surface area contributed by atoms with E-state index < -0.39 is 11.0 Å². The highest BCUT2D eigenvalue weighted by Gasteiger charge is 2.29. The summed E-state index contributed by atoms with van der Waals surface area (Å²) >= 11 is 0. The molecule has 1 saturated heterocycles. The van der Waals surface area contributed by atoms with Gasteiger partial charge in [0.2, 0.25) is 0 Å². The van der Waals surface area contributed by atoms with E-state index in [1.54, 1.807) is 19.2 Å². The van der Waals surface area contributed by atoms with Crippen LogP contribution in [0.15, 0.2) is 70.0 Å². The summed E-state index contributed by atoms with van der Waals surface area (Å²) in [5, 5.41) is 3.45. The minimum atomic E-state index is -1.22. The van der Waals surface area contributed by atoms with Crippen LogP contribution < -0.4 is 5.32 Å². The highest BCUT2D eigenvalue weighted by Crippen LogP contribution is 2.39. The molecule has 36 heavy (non-hydrogen) atoms. The molecular formula is C29H29FN2O3S. The van der Waals surface area contributed by atoms with Crippen molar-refractivity contribution in [3.63, 3.8) is 0 Å². The maximum Gasteiger partial charge on any atom is 0.255 e. The third-order valence-electron chi connectivity index (χ3n) is 6.89. The summed E-state index contributed by atoms with van der Waals surface area (Å²) in [7, 11) is 0.363. The molecule has 3 aromatic carbocycles. The molecule has 186 valence electrons. The van der Waals surface area contributed by atoms with Crippen LogP contribution in [-0.2, 0) is 11.0 Å². The van der Waals surface area contributed by atoms with Gasteiger partial charge in [-0.2, -0.15) is 0 Å². The molecule has 0 bridgehead atoms. The third kappa shape index (κ3) is 4.61. The number of fused-ring (bicyclic) bond motifs is 1. The van der Waals surface area contributed by atoms with Gasteiger partial charge in [0.05, 0.1) is 10.5 Å². The minimum Gasteiger partial charge on any atom is -0.455 e. The molecule has 1 aliphatic rings. The summed E-state index contributed by atoms with van der Waals surface area (Å²) in [6.45, 7) is 5.51. The van der Waals surface area contributed by atoms with E-state index in [1.807, 2.05) is 48.5 Å². The van der Waals surface area contributed by atoms with Gasteiger partial charge in [-0.05, 0) is 97.8 Å². The van der Waals surface area contributed by atoms with Crippen molar-refractivity contribution in [2.24, 2.45) is 0 Å². The maximum atomic E-state index is 13.5. The van der Waals surface area contributed by atoms with Crippen LogP contribution >= 0.6 is 0 Å². The van der Waals surface area contributed by atoms with Crippen molar-refractivity contribution in [3.05, 3.63) is 88.7 Å². The number of carbonyl (C=O) groups excluding carboxylic acids is 1. The zero-order valence-corrected chi connectivity index (χ0v) is 21.5. The van der Waals surface area contributed by atoms with Crippen LogP contribution in [0.3, 0.4) is 0 Å². The van der Waals surface area contributed by atoms with Crippen LogP contribution in [0.4, 0.5) is 4.39 Å². The molecule has 2 heterocycles. The zero-order chi connectivity index (χ0) is 25.4. The summed E-state index contributed by atoms with van der Waals surface area (Å²) in [5.74, 6) is -0.00146. The van der Waals surface area contributed by atoms with Crippen LogP contribution in [0.2, 0.25) is 0 Å². The van der Waals surface area contributed by atoms with Crippen LogP contribution in [0.25, 0.3) is 22.3 Å². The summed E-state index contributed by atoms with van der Waals surface area (Å²) < 4.78 is 35.1. The second kappa shape index (κ2) is 9.99. The molecule has 1 aromatic heterocycles. The van der Waals surface area contributed by atoms with E-state index in [-0.39, 0.29) is 17.6 Å². The molecule has 5 rings (SSSR count). The normalized spacial score (nSPS) is 17.3. The Morgan fingerprint density at radius 3 is 2.61 bits per heavy atom. The van der Waals surface area contributed by atoms with Gasteiger partial charge in [0.15, 0.2) is 0 Å². The van der Waals surface area contributed by atoms with E-state index in [9.17, 15) is 13.4 Å². The first-order valence-corrected chi connectivity index (χ1v) is 13.2. The number of piperidine rings is 1. The molecule has 1 aliphatic heterocycles. The SMILES string of the molecule is CNC(=O)c1c(-c2ccc(F)cc2)oc2cc(C)c(C3CCCN(S(=O)c4cccc(C)c4)C3)cc12.